The zero-order chi connectivity index (χ0) is 22.7. The Hall–Kier alpha value is -3.13. The van der Waals surface area contributed by atoms with Gasteiger partial charge < -0.3 is 15.8 Å². The van der Waals surface area contributed by atoms with Gasteiger partial charge in [-0.05, 0) is 48.8 Å². The maximum absolute atomic E-state index is 12.9. The Kier molecular flexibility index (Phi) is 6.32. The third kappa shape index (κ3) is 5.02. The molecule has 0 atom stereocenters. The summed E-state index contributed by atoms with van der Waals surface area (Å²) in [6, 6.07) is 14.8. The molecule has 0 spiro atoms. The van der Waals surface area contributed by atoms with E-state index in [0.717, 1.165) is 16.3 Å². The quantitative estimate of drug-likeness (QED) is 0.539. The van der Waals surface area contributed by atoms with E-state index < -0.39 is 18.0 Å². The highest BCUT2D eigenvalue weighted by Gasteiger charge is 2.41. The minimum atomic E-state index is -4.09. The number of nitrogens with two attached hydrogens (primary N) is 1. The van der Waals surface area contributed by atoms with E-state index in [1.165, 1.54) is 6.20 Å². The predicted octanol–water partition coefficient (Wildman–Crippen LogP) is 5.34. The number of benzene rings is 2. The maximum Gasteiger partial charge on any atom is 0.391 e. The average molecular weight is 443 g/mol. The van der Waals surface area contributed by atoms with Crippen LogP contribution in [0.4, 0.5) is 13.2 Å². The Morgan fingerprint density at radius 3 is 2.41 bits per heavy atom. The second-order valence-corrected chi connectivity index (χ2v) is 8.09. The lowest BCUT2D eigenvalue weighted by atomic mass is 9.85. The van der Waals surface area contributed by atoms with Crippen molar-refractivity contribution < 1.29 is 22.7 Å². The summed E-state index contributed by atoms with van der Waals surface area (Å²) >= 11 is 0. The monoisotopic (exact) mass is 443 g/mol. The molecule has 1 fully saturated rings. The molecule has 0 radical (unpaired) electrons. The van der Waals surface area contributed by atoms with Crippen LogP contribution < -0.4 is 15.8 Å². The number of amides is 1. The molecule has 0 bridgehead atoms. The van der Waals surface area contributed by atoms with Gasteiger partial charge in [-0.2, -0.15) is 13.2 Å². The molecule has 4 rings (SSSR count). The number of nitrogens with zero attached hydrogens (tertiary/aromatic N) is 1. The first-order valence-corrected chi connectivity index (χ1v) is 10.6. The van der Waals surface area contributed by atoms with Crippen molar-refractivity contribution in [3.05, 3.63) is 65.9 Å². The highest BCUT2D eigenvalue weighted by molar-refractivity contribution is 5.92. The van der Waals surface area contributed by atoms with Gasteiger partial charge in [0.05, 0.1) is 11.5 Å². The molecular formula is C24H24F3N3O2. The molecule has 0 unspecified atom stereocenters. The summed E-state index contributed by atoms with van der Waals surface area (Å²) in [4.78, 5) is 15.3. The molecular weight excluding hydrogens is 419 g/mol. The fraction of sp³-hybridized carbons (Fsp3) is 0.333. The smallest absolute Gasteiger partial charge is 0.391 e. The van der Waals surface area contributed by atoms with Gasteiger partial charge in [-0.3, -0.25) is 4.79 Å². The summed E-state index contributed by atoms with van der Waals surface area (Å²) in [5.74, 6) is -0.775. The minimum absolute atomic E-state index is 0.0799. The summed E-state index contributed by atoms with van der Waals surface area (Å²) in [6.45, 7) is 0.563. The second kappa shape index (κ2) is 9.16. The van der Waals surface area contributed by atoms with Gasteiger partial charge in [-0.15, -0.1) is 0 Å². The van der Waals surface area contributed by atoms with Crippen molar-refractivity contribution in [3.8, 4) is 11.6 Å². The Labute approximate surface area is 183 Å². The number of hydrogen-bond acceptors (Lipinski definition) is 4. The first kappa shape index (κ1) is 22.1. The molecule has 0 aliphatic heterocycles. The van der Waals surface area contributed by atoms with E-state index >= 15 is 0 Å². The van der Waals surface area contributed by atoms with Crippen molar-refractivity contribution in [2.75, 3.05) is 0 Å². The maximum atomic E-state index is 12.9. The van der Waals surface area contributed by atoms with Crippen LogP contribution in [0.5, 0.6) is 11.6 Å². The number of fused-ring (bicyclic) bond motifs is 1. The average Bonchev–Trinajstić information content (AvgIpc) is 2.78. The van der Waals surface area contributed by atoms with Gasteiger partial charge in [-0.25, -0.2) is 4.98 Å². The Morgan fingerprint density at radius 1 is 1.03 bits per heavy atom. The normalized spacial score (nSPS) is 19.1. The van der Waals surface area contributed by atoms with E-state index in [1.54, 1.807) is 12.1 Å². The lowest BCUT2D eigenvalue weighted by molar-refractivity contribution is -0.182. The van der Waals surface area contributed by atoms with Crippen LogP contribution in [0.15, 0.2) is 54.7 Å². The fourth-order valence-electron chi connectivity index (χ4n) is 4.17. The van der Waals surface area contributed by atoms with Crippen LogP contribution in [0.1, 0.15) is 41.6 Å². The van der Waals surface area contributed by atoms with Crippen molar-refractivity contribution in [3.63, 3.8) is 0 Å². The highest BCUT2D eigenvalue weighted by Crippen LogP contribution is 2.37. The van der Waals surface area contributed by atoms with Crippen molar-refractivity contribution in [1.29, 1.82) is 0 Å². The van der Waals surface area contributed by atoms with Gasteiger partial charge in [0.25, 0.3) is 0 Å². The highest BCUT2D eigenvalue weighted by atomic mass is 19.4. The lowest BCUT2D eigenvalue weighted by Crippen LogP contribution is -2.36. The Balaban J connectivity index is 1.46. The number of rotatable bonds is 6. The van der Waals surface area contributed by atoms with E-state index in [4.69, 9.17) is 10.5 Å². The van der Waals surface area contributed by atoms with E-state index in [0.29, 0.717) is 36.6 Å². The van der Waals surface area contributed by atoms with Gasteiger partial charge in [0, 0.05) is 30.2 Å². The van der Waals surface area contributed by atoms with Crippen LogP contribution in [0.25, 0.3) is 10.8 Å². The molecule has 1 aliphatic carbocycles. The zero-order valence-electron chi connectivity index (χ0n) is 17.4. The zero-order valence-corrected chi connectivity index (χ0v) is 17.4. The third-order valence-corrected chi connectivity index (χ3v) is 5.98. The number of primary amides is 1. The summed E-state index contributed by atoms with van der Waals surface area (Å²) < 4.78 is 44.6. The van der Waals surface area contributed by atoms with Gasteiger partial charge in [0.2, 0.25) is 11.8 Å². The number of carbonyl (C=O) groups excluding carboxylic acids is 1. The molecule has 2 aromatic carbocycles. The molecule has 3 N–H and O–H groups in total. The number of pyridine rings is 1. The molecule has 1 aliphatic rings. The summed E-state index contributed by atoms with van der Waals surface area (Å²) in [7, 11) is 0. The molecule has 1 amide bonds. The Morgan fingerprint density at radius 2 is 1.75 bits per heavy atom. The van der Waals surface area contributed by atoms with Crippen LogP contribution in [0, 0.1) is 5.92 Å². The van der Waals surface area contributed by atoms with Crippen LogP contribution in [-0.2, 0) is 6.54 Å². The first-order chi connectivity index (χ1) is 15.3. The number of ether oxygens (including phenoxy) is 1. The number of carbonyl (C=O) groups is 1. The van der Waals surface area contributed by atoms with E-state index in [1.807, 2.05) is 36.4 Å². The summed E-state index contributed by atoms with van der Waals surface area (Å²) in [6.07, 6.45) is -1.32. The SMILES string of the molecule is NC(=O)c1ccc(Oc2cccc3c(CN[C@H]4CC[C@H](C(F)(F)F)CC4)cccc23)nc1. The molecule has 0 saturated heterocycles. The molecule has 1 saturated carbocycles. The standard InChI is InChI=1S/C24H24F3N3O2/c25-24(26,27)17-8-10-18(11-9-17)29-13-15-3-1-5-20-19(15)4-2-6-21(20)32-22-12-7-16(14-30-22)23(28)31/h1-7,12,14,17-18,29H,8-11,13H2,(H2,28,31)/t17-,18-. The predicted molar refractivity (Wildman–Crippen MR) is 115 cm³/mol. The van der Waals surface area contributed by atoms with Crippen LogP contribution in [0.3, 0.4) is 0 Å². The largest absolute Gasteiger partial charge is 0.438 e. The third-order valence-electron chi connectivity index (χ3n) is 5.98. The fourth-order valence-corrected chi connectivity index (χ4v) is 4.17. The number of halogens is 3. The van der Waals surface area contributed by atoms with Crippen LogP contribution in [-0.4, -0.2) is 23.1 Å². The van der Waals surface area contributed by atoms with Crippen LogP contribution >= 0.6 is 0 Å². The van der Waals surface area contributed by atoms with E-state index in [2.05, 4.69) is 10.3 Å². The number of hydrogen-bond donors (Lipinski definition) is 2. The number of alkyl halides is 3. The molecule has 1 aromatic heterocycles. The van der Waals surface area contributed by atoms with Gasteiger partial charge in [0.1, 0.15) is 5.75 Å². The second-order valence-electron chi connectivity index (χ2n) is 8.09. The molecule has 32 heavy (non-hydrogen) atoms. The molecule has 1 heterocycles. The molecule has 5 nitrogen and oxygen atoms in total. The minimum Gasteiger partial charge on any atom is -0.438 e. The molecule has 168 valence electrons. The number of aromatic nitrogens is 1. The van der Waals surface area contributed by atoms with E-state index in [-0.39, 0.29) is 18.9 Å². The van der Waals surface area contributed by atoms with Gasteiger partial charge >= 0.3 is 6.18 Å². The molecule has 3 aromatic rings. The van der Waals surface area contributed by atoms with Gasteiger partial charge in [-0.1, -0.05) is 30.3 Å². The van der Waals surface area contributed by atoms with Crippen molar-refractivity contribution in [2.45, 2.75) is 44.4 Å². The topological polar surface area (TPSA) is 77.2 Å². The van der Waals surface area contributed by atoms with E-state index in [9.17, 15) is 18.0 Å². The van der Waals surface area contributed by atoms with Crippen LogP contribution in [0.2, 0.25) is 0 Å². The number of nitrogens with one attached hydrogen (secondary N) is 1. The summed E-state index contributed by atoms with van der Waals surface area (Å²) in [5, 5.41) is 5.32. The van der Waals surface area contributed by atoms with Crippen molar-refractivity contribution in [2.24, 2.45) is 11.7 Å². The lowest BCUT2D eigenvalue weighted by Gasteiger charge is -2.30. The molecule has 8 heteroatoms. The van der Waals surface area contributed by atoms with Crippen molar-refractivity contribution in [1.82, 2.24) is 10.3 Å². The summed E-state index contributed by atoms with van der Waals surface area (Å²) in [5.41, 5.74) is 6.58. The Bertz CT molecular complexity index is 1090. The van der Waals surface area contributed by atoms with Gasteiger partial charge in [0.15, 0.2) is 0 Å². The first-order valence-electron chi connectivity index (χ1n) is 10.6. The van der Waals surface area contributed by atoms with Crippen molar-refractivity contribution >= 4 is 16.7 Å².